The van der Waals surface area contributed by atoms with Crippen molar-refractivity contribution in [3.63, 3.8) is 0 Å². The zero-order chi connectivity index (χ0) is 25.3. The molecular formula is C30H35NO4. The number of carbonyl (C=O) groups excluding carboxylic acids is 1. The van der Waals surface area contributed by atoms with Gasteiger partial charge in [-0.1, -0.05) is 29.3 Å². The number of aryl methyl sites for hydroxylation is 3. The van der Waals surface area contributed by atoms with E-state index in [-0.39, 0.29) is 11.9 Å². The van der Waals surface area contributed by atoms with Gasteiger partial charge in [-0.15, -0.1) is 0 Å². The van der Waals surface area contributed by atoms with Crippen LogP contribution in [0, 0.1) is 20.8 Å². The van der Waals surface area contributed by atoms with Gasteiger partial charge in [-0.05, 0) is 93.1 Å². The lowest BCUT2D eigenvalue weighted by atomic mass is 9.90. The summed E-state index contributed by atoms with van der Waals surface area (Å²) >= 11 is 0. The van der Waals surface area contributed by atoms with E-state index in [0.717, 1.165) is 23.3 Å². The molecule has 3 aromatic rings. The molecule has 5 heteroatoms. The molecule has 2 heterocycles. The van der Waals surface area contributed by atoms with E-state index in [1.165, 1.54) is 27.8 Å². The number of furan rings is 1. The van der Waals surface area contributed by atoms with Crippen LogP contribution in [0.5, 0.6) is 11.5 Å². The molecule has 35 heavy (non-hydrogen) atoms. The molecule has 1 atom stereocenters. The molecule has 1 aromatic heterocycles. The Balaban J connectivity index is 1.64. The summed E-state index contributed by atoms with van der Waals surface area (Å²) in [6, 6.07) is 11.9. The fourth-order valence-electron chi connectivity index (χ4n) is 5.09. The van der Waals surface area contributed by atoms with Gasteiger partial charge in [0.05, 0.1) is 20.3 Å². The number of rotatable bonds is 6. The molecule has 0 N–H and O–H groups in total. The Morgan fingerprint density at radius 1 is 1.03 bits per heavy atom. The van der Waals surface area contributed by atoms with Gasteiger partial charge in [0.15, 0.2) is 17.3 Å². The predicted octanol–water partition coefficient (Wildman–Crippen LogP) is 6.52. The maximum absolute atomic E-state index is 13.7. The fourth-order valence-corrected chi connectivity index (χ4v) is 5.09. The summed E-state index contributed by atoms with van der Waals surface area (Å²) in [4.78, 5) is 15.6. The molecule has 0 bridgehead atoms. The van der Waals surface area contributed by atoms with Gasteiger partial charge in [0.1, 0.15) is 5.76 Å². The van der Waals surface area contributed by atoms with Crippen LogP contribution >= 0.6 is 0 Å². The monoisotopic (exact) mass is 473 g/mol. The number of carbonyl (C=O) groups is 1. The van der Waals surface area contributed by atoms with Crippen molar-refractivity contribution in [1.82, 2.24) is 4.90 Å². The topological polar surface area (TPSA) is 51.9 Å². The second-order valence-corrected chi connectivity index (χ2v) is 9.66. The highest BCUT2D eigenvalue weighted by molar-refractivity contribution is 5.92. The first-order chi connectivity index (χ1) is 16.7. The van der Waals surface area contributed by atoms with E-state index in [1.54, 1.807) is 20.3 Å². The van der Waals surface area contributed by atoms with Crippen LogP contribution in [0.15, 0.2) is 52.5 Å². The van der Waals surface area contributed by atoms with Crippen molar-refractivity contribution in [1.29, 1.82) is 0 Å². The lowest BCUT2D eigenvalue weighted by Crippen LogP contribution is -2.39. The highest BCUT2D eigenvalue weighted by Crippen LogP contribution is 2.39. The van der Waals surface area contributed by atoms with Crippen molar-refractivity contribution in [2.75, 3.05) is 20.8 Å². The molecule has 4 rings (SSSR count). The summed E-state index contributed by atoms with van der Waals surface area (Å²) in [6.45, 7) is 11.1. The molecule has 0 aliphatic carbocycles. The minimum atomic E-state index is -0.203. The Morgan fingerprint density at radius 3 is 2.31 bits per heavy atom. The normalized spacial score (nSPS) is 14.9. The van der Waals surface area contributed by atoms with Crippen LogP contribution in [0.3, 0.4) is 0 Å². The van der Waals surface area contributed by atoms with Crippen molar-refractivity contribution in [2.24, 2.45) is 0 Å². The lowest BCUT2D eigenvalue weighted by Gasteiger charge is -2.36. The van der Waals surface area contributed by atoms with Crippen molar-refractivity contribution in [2.45, 2.75) is 53.5 Å². The van der Waals surface area contributed by atoms with Crippen LogP contribution in [0.2, 0.25) is 0 Å². The predicted molar refractivity (Wildman–Crippen MR) is 139 cm³/mol. The number of ether oxygens (including phenoxy) is 2. The number of benzene rings is 2. The molecule has 0 saturated heterocycles. The molecule has 1 aliphatic heterocycles. The quantitative estimate of drug-likeness (QED) is 0.383. The SMILES string of the molecule is COc1cc2c(cc1OC)C(C=C(C)C)N(C(=O)c1ccc(Cc3c(C)cc(C)cc3C)o1)CC2. The second kappa shape index (κ2) is 10.0. The van der Waals surface area contributed by atoms with Gasteiger partial charge in [0, 0.05) is 13.0 Å². The van der Waals surface area contributed by atoms with Crippen LogP contribution in [-0.4, -0.2) is 31.6 Å². The van der Waals surface area contributed by atoms with Crippen LogP contribution in [0.1, 0.15) is 69.6 Å². The first-order valence-corrected chi connectivity index (χ1v) is 12.1. The standard InChI is InChI=1S/C30H35NO4/c1-18(2)12-26-25-17-29(34-7)28(33-6)15-22(25)10-11-31(26)30(32)27-9-8-23(35-27)16-24-20(4)13-19(3)14-21(24)5/h8-9,12-15,17,26H,10-11,16H2,1-7H3. The zero-order valence-electron chi connectivity index (χ0n) is 21.8. The van der Waals surface area contributed by atoms with Gasteiger partial charge in [-0.25, -0.2) is 0 Å². The Kier molecular flexibility index (Phi) is 7.06. The van der Waals surface area contributed by atoms with Crippen molar-refractivity contribution in [3.05, 3.63) is 92.9 Å². The molecule has 0 radical (unpaired) electrons. The average molecular weight is 474 g/mol. The first kappa shape index (κ1) is 24.6. The van der Waals surface area contributed by atoms with Crippen molar-refractivity contribution in [3.8, 4) is 11.5 Å². The third-order valence-corrected chi connectivity index (χ3v) is 6.74. The van der Waals surface area contributed by atoms with E-state index in [4.69, 9.17) is 13.9 Å². The van der Waals surface area contributed by atoms with E-state index >= 15 is 0 Å². The molecule has 184 valence electrons. The maximum atomic E-state index is 13.7. The van der Waals surface area contributed by atoms with Gasteiger partial charge in [-0.3, -0.25) is 4.79 Å². The molecule has 1 aliphatic rings. The zero-order valence-corrected chi connectivity index (χ0v) is 21.8. The lowest BCUT2D eigenvalue weighted by molar-refractivity contribution is 0.0665. The largest absolute Gasteiger partial charge is 0.493 e. The number of nitrogens with zero attached hydrogens (tertiary/aromatic N) is 1. The third kappa shape index (κ3) is 5.00. The van der Waals surface area contributed by atoms with E-state index in [1.807, 2.05) is 23.1 Å². The molecule has 0 spiro atoms. The van der Waals surface area contributed by atoms with Crippen LogP contribution in [0.25, 0.3) is 0 Å². The first-order valence-electron chi connectivity index (χ1n) is 12.1. The smallest absolute Gasteiger partial charge is 0.290 e. The fraction of sp³-hybridized carbons (Fsp3) is 0.367. The average Bonchev–Trinajstić information content (AvgIpc) is 3.28. The molecule has 2 aromatic carbocycles. The number of fused-ring (bicyclic) bond motifs is 1. The number of hydrogen-bond donors (Lipinski definition) is 0. The highest BCUT2D eigenvalue weighted by Gasteiger charge is 2.32. The van der Waals surface area contributed by atoms with Crippen LogP contribution < -0.4 is 9.47 Å². The Morgan fingerprint density at radius 2 is 1.69 bits per heavy atom. The van der Waals surface area contributed by atoms with Gasteiger partial charge in [0.25, 0.3) is 5.91 Å². The van der Waals surface area contributed by atoms with Gasteiger partial charge >= 0.3 is 0 Å². The van der Waals surface area contributed by atoms with Crippen molar-refractivity contribution < 1.29 is 18.7 Å². The van der Waals surface area contributed by atoms with E-state index in [2.05, 4.69) is 52.8 Å². The summed E-state index contributed by atoms with van der Waals surface area (Å²) in [6.07, 6.45) is 3.54. The van der Waals surface area contributed by atoms with Crippen LogP contribution in [-0.2, 0) is 12.8 Å². The van der Waals surface area contributed by atoms with Gasteiger partial charge < -0.3 is 18.8 Å². The van der Waals surface area contributed by atoms with E-state index < -0.39 is 0 Å². The van der Waals surface area contributed by atoms with E-state index in [0.29, 0.717) is 30.2 Å². The number of methoxy groups -OCH3 is 2. The molecule has 1 amide bonds. The maximum Gasteiger partial charge on any atom is 0.290 e. The van der Waals surface area contributed by atoms with Gasteiger partial charge in [-0.2, -0.15) is 0 Å². The molecule has 0 saturated carbocycles. The number of allylic oxidation sites excluding steroid dienone is 1. The number of amides is 1. The van der Waals surface area contributed by atoms with E-state index in [9.17, 15) is 4.79 Å². The summed E-state index contributed by atoms with van der Waals surface area (Å²) in [5.41, 5.74) is 8.35. The summed E-state index contributed by atoms with van der Waals surface area (Å²) in [7, 11) is 3.28. The third-order valence-electron chi connectivity index (χ3n) is 6.74. The van der Waals surface area contributed by atoms with Crippen LogP contribution in [0.4, 0.5) is 0 Å². The molecule has 1 unspecified atom stereocenters. The second-order valence-electron chi connectivity index (χ2n) is 9.66. The Bertz CT molecular complexity index is 1260. The minimum absolute atomic E-state index is 0.100. The van der Waals surface area contributed by atoms with Crippen molar-refractivity contribution >= 4 is 5.91 Å². The summed E-state index contributed by atoms with van der Waals surface area (Å²) in [5.74, 6) is 2.44. The number of hydrogen-bond acceptors (Lipinski definition) is 4. The molecular weight excluding hydrogens is 438 g/mol. The summed E-state index contributed by atoms with van der Waals surface area (Å²) < 4.78 is 17.2. The highest BCUT2D eigenvalue weighted by atomic mass is 16.5. The van der Waals surface area contributed by atoms with Gasteiger partial charge in [0.2, 0.25) is 0 Å². The molecule has 0 fully saturated rings. The summed E-state index contributed by atoms with van der Waals surface area (Å²) in [5, 5.41) is 0. The Labute approximate surface area is 208 Å². The minimum Gasteiger partial charge on any atom is -0.493 e. The molecule has 5 nitrogen and oxygen atoms in total. The Hall–Kier alpha value is -3.47.